The number of hydrogen-bond donors (Lipinski definition) is 1. The first kappa shape index (κ1) is 10.9. The number of rotatable bonds is 2. The van der Waals surface area contributed by atoms with E-state index in [1.54, 1.807) is 0 Å². The topological polar surface area (TPSA) is 80.4 Å². The molecule has 0 saturated heterocycles. The van der Waals surface area contributed by atoms with Gasteiger partial charge < -0.3 is 5.11 Å². The number of carbonyl (C=O) groups is 1. The van der Waals surface area contributed by atoms with Crippen LogP contribution in [0.1, 0.15) is 13.3 Å². The molecule has 1 N–H and O–H groups in total. The number of carboxylic acids is 1. The highest BCUT2D eigenvalue weighted by atomic mass is 79.9. The number of aliphatic carboxylic acids is 1. The van der Waals surface area contributed by atoms with E-state index in [4.69, 9.17) is 5.11 Å². The van der Waals surface area contributed by atoms with E-state index >= 15 is 0 Å². The molecule has 14 heavy (non-hydrogen) atoms. The number of halogens is 1. The highest BCUT2D eigenvalue weighted by molar-refractivity contribution is 9.11. The van der Waals surface area contributed by atoms with Gasteiger partial charge in [0.05, 0.1) is 10.9 Å². The van der Waals surface area contributed by atoms with Crippen molar-refractivity contribution in [2.24, 2.45) is 0 Å². The van der Waals surface area contributed by atoms with Crippen molar-refractivity contribution in [3.63, 3.8) is 0 Å². The molecule has 0 amide bonds. The molecule has 6 heteroatoms. The second-order valence-electron chi connectivity index (χ2n) is 3.22. The Labute approximate surface area is 88.4 Å². The Bertz CT molecular complexity index is 360. The van der Waals surface area contributed by atoms with Crippen molar-refractivity contribution in [3.8, 4) is 0 Å². The molecule has 0 radical (unpaired) electrons. The number of allylic oxidation sites excluding steroid dienone is 2. The lowest BCUT2D eigenvalue weighted by Gasteiger charge is -2.23. The summed E-state index contributed by atoms with van der Waals surface area (Å²) in [4.78, 5) is 20.9. The Balaban J connectivity index is 3.09. The second-order valence-corrected chi connectivity index (χ2v) is 4.07. The Morgan fingerprint density at radius 3 is 2.71 bits per heavy atom. The van der Waals surface area contributed by atoms with E-state index < -0.39 is 16.4 Å². The lowest BCUT2D eigenvalue weighted by Crippen LogP contribution is -2.37. The standard InChI is InChI=1S/C8H8BrNO4/c1-8(10(13)14)4-5(7(11)12)2-3-6(8)9/h2-3H,4H2,1H3,(H,11,12). The first-order valence-electron chi connectivity index (χ1n) is 3.82. The maximum Gasteiger partial charge on any atom is 0.331 e. The molecule has 1 aliphatic rings. The molecule has 0 saturated carbocycles. The average Bonchev–Trinajstić information content (AvgIpc) is 2.09. The smallest absolute Gasteiger partial charge is 0.331 e. The summed E-state index contributed by atoms with van der Waals surface area (Å²) >= 11 is 3.07. The van der Waals surface area contributed by atoms with Gasteiger partial charge in [-0.15, -0.1) is 0 Å². The van der Waals surface area contributed by atoms with Crippen LogP contribution in [0.15, 0.2) is 22.2 Å². The molecule has 76 valence electrons. The predicted octanol–water partition coefficient (Wildman–Crippen LogP) is 1.72. The van der Waals surface area contributed by atoms with Gasteiger partial charge in [-0.2, -0.15) is 0 Å². The van der Waals surface area contributed by atoms with Gasteiger partial charge in [-0.05, 0) is 22.0 Å². The molecule has 0 bridgehead atoms. The van der Waals surface area contributed by atoms with Crippen LogP contribution in [0.3, 0.4) is 0 Å². The molecule has 1 aliphatic carbocycles. The summed E-state index contributed by atoms with van der Waals surface area (Å²) in [5.41, 5.74) is -1.31. The van der Waals surface area contributed by atoms with Crippen LogP contribution in [0.2, 0.25) is 0 Å². The third-order valence-electron chi connectivity index (χ3n) is 2.16. The quantitative estimate of drug-likeness (QED) is 0.606. The average molecular weight is 262 g/mol. The number of nitro groups is 1. The van der Waals surface area contributed by atoms with Gasteiger partial charge in [0.1, 0.15) is 0 Å². The Kier molecular flexibility index (Phi) is 2.75. The van der Waals surface area contributed by atoms with Crippen molar-refractivity contribution in [3.05, 3.63) is 32.3 Å². The van der Waals surface area contributed by atoms with Crippen molar-refractivity contribution in [1.29, 1.82) is 0 Å². The van der Waals surface area contributed by atoms with E-state index in [0.29, 0.717) is 4.48 Å². The zero-order chi connectivity index (χ0) is 10.9. The van der Waals surface area contributed by atoms with Gasteiger partial charge in [0.2, 0.25) is 0 Å². The maximum atomic E-state index is 10.8. The van der Waals surface area contributed by atoms with Crippen LogP contribution in [0.25, 0.3) is 0 Å². The molecule has 1 rings (SSSR count). The fourth-order valence-corrected chi connectivity index (χ4v) is 1.58. The fourth-order valence-electron chi connectivity index (χ4n) is 1.17. The normalized spacial score (nSPS) is 26.4. The highest BCUT2D eigenvalue weighted by Gasteiger charge is 2.44. The molecule has 1 unspecified atom stereocenters. The third kappa shape index (κ3) is 1.70. The Morgan fingerprint density at radius 1 is 1.71 bits per heavy atom. The minimum Gasteiger partial charge on any atom is -0.478 e. The van der Waals surface area contributed by atoms with Crippen molar-refractivity contribution in [2.45, 2.75) is 18.9 Å². The monoisotopic (exact) mass is 261 g/mol. The molecule has 0 aromatic rings. The van der Waals surface area contributed by atoms with E-state index in [0.717, 1.165) is 0 Å². The van der Waals surface area contributed by atoms with Crippen molar-refractivity contribution < 1.29 is 14.8 Å². The molecule has 1 atom stereocenters. The first-order valence-corrected chi connectivity index (χ1v) is 4.62. The van der Waals surface area contributed by atoms with E-state index in [2.05, 4.69) is 15.9 Å². The number of carboxylic acid groups (broad SMARTS) is 1. The van der Waals surface area contributed by atoms with Crippen molar-refractivity contribution in [2.75, 3.05) is 0 Å². The zero-order valence-corrected chi connectivity index (χ0v) is 8.94. The van der Waals surface area contributed by atoms with Gasteiger partial charge in [-0.25, -0.2) is 4.79 Å². The summed E-state index contributed by atoms with van der Waals surface area (Å²) in [6.45, 7) is 1.39. The lowest BCUT2D eigenvalue weighted by molar-refractivity contribution is -0.550. The lowest BCUT2D eigenvalue weighted by atomic mass is 9.89. The Hall–Kier alpha value is -1.17. The minimum absolute atomic E-state index is 0.0485. The van der Waals surface area contributed by atoms with Gasteiger partial charge in [0.15, 0.2) is 0 Å². The van der Waals surface area contributed by atoms with Crippen LogP contribution in [-0.4, -0.2) is 21.5 Å². The van der Waals surface area contributed by atoms with Gasteiger partial charge in [0.25, 0.3) is 5.54 Å². The van der Waals surface area contributed by atoms with Gasteiger partial charge in [-0.1, -0.05) is 6.08 Å². The second kappa shape index (κ2) is 3.53. The van der Waals surface area contributed by atoms with Gasteiger partial charge >= 0.3 is 5.97 Å². The Morgan fingerprint density at radius 2 is 2.29 bits per heavy atom. The summed E-state index contributed by atoms with van der Waals surface area (Å²) in [7, 11) is 0. The summed E-state index contributed by atoms with van der Waals surface area (Å²) < 4.78 is 0.389. The maximum absolute atomic E-state index is 10.8. The summed E-state index contributed by atoms with van der Waals surface area (Å²) in [6, 6.07) is 0. The largest absolute Gasteiger partial charge is 0.478 e. The molecule has 5 nitrogen and oxygen atoms in total. The summed E-state index contributed by atoms with van der Waals surface area (Å²) in [6.07, 6.45) is 2.68. The molecule has 0 fully saturated rings. The first-order chi connectivity index (χ1) is 6.38. The summed E-state index contributed by atoms with van der Waals surface area (Å²) in [5.74, 6) is -1.12. The zero-order valence-electron chi connectivity index (χ0n) is 7.36. The van der Waals surface area contributed by atoms with Crippen LogP contribution in [-0.2, 0) is 4.79 Å². The molecular weight excluding hydrogens is 254 g/mol. The minimum atomic E-state index is -1.36. The van der Waals surface area contributed by atoms with Crippen LogP contribution in [0.4, 0.5) is 0 Å². The third-order valence-corrected chi connectivity index (χ3v) is 3.28. The van der Waals surface area contributed by atoms with Crippen LogP contribution >= 0.6 is 15.9 Å². The number of nitrogens with zero attached hydrogens (tertiary/aromatic N) is 1. The molecule has 0 aromatic heterocycles. The van der Waals surface area contributed by atoms with E-state index in [-0.39, 0.29) is 12.0 Å². The molecule has 0 aliphatic heterocycles. The highest BCUT2D eigenvalue weighted by Crippen LogP contribution is 2.35. The van der Waals surface area contributed by atoms with Crippen LogP contribution in [0, 0.1) is 10.1 Å². The van der Waals surface area contributed by atoms with Crippen LogP contribution < -0.4 is 0 Å². The SMILES string of the molecule is CC1([N+](=O)[O-])CC(C(=O)O)=CC=C1Br. The summed E-state index contributed by atoms with van der Waals surface area (Å²) in [5, 5.41) is 19.5. The van der Waals surface area contributed by atoms with E-state index in [9.17, 15) is 14.9 Å². The molecular formula is C8H8BrNO4. The van der Waals surface area contributed by atoms with Crippen LogP contribution in [0.5, 0.6) is 0 Å². The van der Waals surface area contributed by atoms with Crippen molar-refractivity contribution in [1.82, 2.24) is 0 Å². The number of hydrogen-bond acceptors (Lipinski definition) is 3. The van der Waals surface area contributed by atoms with Gasteiger partial charge in [-0.3, -0.25) is 10.1 Å². The molecule has 0 spiro atoms. The van der Waals surface area contributed by atoms with Crippen molar-refractivity contribution >= 4 is 21.9 Å². The molecule has 0 heterocycles. The predicted molar refractivity (Wildman–Crippen MR) is 52.7 cm³/mol. The fraction of sp³-hybridized carbons (Fsp3) is 0.375. The van der Waals surface area contributed by atoms with Gasteiger partial charge in [0, 0.05) is 17.4 Å². The van der Waals surface area contributed by atoms with E-state index in [1.807, 2.05) is 0 Å². The molecule has 0 aromatic carbocycles. The van der Waals surface area contributed by atoms with E-state index in [1.165, 1.54) is 19.1 Å².